The molecule has 90 valence electrons. The molecular formula is C12H19BrN2O. The highest BCUT2D eigenvalue weighted by Gasteiger charge is 2.18. The summed E-state index contributed by atoms with van der Waals surface area (Å²) in [6.45, 7) is 4.13. The highest BCUT2D eigenvalue weighted by atomic mass is 79.9. The Balaban J connectivity index is 2.53. The standard InChI is InChI=1S/C12H19BrN2O/c1-12(2,16-3)7-6-10(14)11-5-4-9(13)8-15-11/h4-5,8,10H,6-7,14H2,1-3H3. The van der Waals surface area contributed by atoms with Gasteiger partial charge in [0.05, 0.1) is 11.3 Å². The van der Waals surface area contributed by atoms with Crippen LogP contribution in [-0.2, 0) is 4.74 Å². The first-order valence-electron chi connectivity index (χ1n) is 5.37. The van der Waals surface area contributed by atoms with Gasteiger partial charge in [-0.2, -0.15) is 0 Å². The van der Waals surface area contributed by atoms with Crippen molar-refractivity contribution in [2.45, 2.75) is 38.3 Å². The molecule has 1 unspecified atom stereocenters. The molecule has 1 aromatic rings. The van der Waals surface area contributed by atoms with Gasteiger partial charge in [0, 0.05) is 23.8 Å². The van der Waals surface area contributed by atoms with Crippen molar-refractivity contribution >= 4 is 15.9 Å². The molecule has 0 saturated heterocycles. The van der Waals surface area contributed by atoms with Crippen molar-refractivity contribution in [1.29, 1.82) is 0 Å². The van der Waals surface area contributed by atoms with Crippen LogP contribution in [0.25, 0.3) is 0 Å². The van der Waals surface area contributed by atoms with E-state index in [0.717, 1.165) is 23.0 Å². The Morgan fingerprint density at radius 1 is 1.50 bits per heavy atom. The van der Waals surface area contributed by atoms with Gasteiger partial charge in [0.2, 0.25) is 0 Å². The van der Waals surface area contributed by atoms with E-state index in [4.69, 9.17) is 10.5 Å². The minimum atomic E-state index is -0.118. The first-order valence-corrected chi connectivity index (χ1v) is 6.16. The van der Waals surface area contributed by atoms with E-state index in [-0.39, 0.29) is 11.6 Å². The Morgan fingerprint density at radius 2 is 2.19 bits per heavy atom. The van der Waals surface area contributed by atoms with Gasteiger partial charge < -0.3 is 10.5 Å². The Bertz CT molecular complexity index is 324. The number of methoxy groups -OCH3 is 1. The average Bonchev–Trinajstić information content (AvgIpc) is 2.27. The second-order valence-corrected chi connectivity index (χ2v) is 5.43. The second-order valence-electron chi connectivity index (χ2n) is 4.51. The van der Waals surface area contributed by atoms with E-state index in [0.29, 0.717) is 0 Å². The molecule has 4 heteroatoms. The summed E-state index contributed by atoms with van der Waals surface area (Å²) < 4.78 is 6.33. The molecule has 2 N–H and O–H groups in total. The van der Waals surface area contributed by atoms with E-state index in [1.807, 2.05) is 12.1 Å². The van der Waals surface area contributed by atoms with Gasteiger partial charge in [-0.05, 0) is 54.8 Å². The lowest BCUT2D eigenvalue weighted by Crippen LogP contribution is -2.25. The molecule has 0 saturated carbocycles. The van der Waals surface area contributed by atoms with Crippen molar-refractivity contribution in [3.63, 3.8) is 0 Å². The molecule has 16 heavy (non-hydrogen) atoms. The highest BCUT2D eigenvalue weighted by Crippen LogP contribution is 2.22. The first-order chi connectivity index (χ1) is 7.44. The van der Waals surface area contributed by atoms with E-state index in [9.17, 15) is 0 Å². The van der Waals surface area contributed by atoms with Crippen molar-refractivity contribution in [3.8, 4) is 0 Å². The molecule has 0 aliphatic rings. The van der Waals surface area contributed by atoms with Gasteiger partial charge in [-0.25, -0.2) is 0 Å². The van der Waals surface area contributed by atoms with E-state index >= 15 is 0 Å². The minimum absolute atomic E-state index is 0.0254. The first kappa shape index (κ1) is 13.6. The van der Waals surface area contributed by atoms with Gasteiger partial charge in [-0.1, -0.05) is 0 Å². The molecule has 1 heterocycles. The third kappa shape index (κ3) is 4.20. The van der Waals surface area contributed by atoms with Gasteiger partial charge in [-0.15, -0.1) is 0 Å². The smallest absolute Gasteiger partial charge is 0.0623 e. The molecule has 0 aromatic carbocycles. The van der Waals surface area contributed by atoms with Crippen molar-refractivity contribution in [2.75, 3.05) is 7.11 Å². The Morgan fingerprint density at radius 3 is 2.69 bits per heavy atom. The van der Waals surface area contributed by atoms with Crippen LogP contribution in [0.1, 0.15) is 38.4 Å². The predicted octanol–water partition coefficient (Wildman–Crippen LogP) is 3.05. The molecule has 0 spiro atoms. The number of aromatic nitrogens is 1. The van der Waals surface area contributed by atoms with Crippen LogP contribution in [0.3, 0.4) is 0 Å². The average molecular weight is 287 g/mol. The summed E-state index contributed by atoms with van der Waals surface area (Å²) in [5.74, 6) is 0. The SMILES string of the molecule is COC(C)(C)CCC(N)c1ccc(Br)cn1. The lowest BCUT2D eigenvalue weighted by Gasteiger charge is -2.24. The summed E-state index contributed by atoms with van der Waals surface area (Å²) in [7, 11) is 1.73. The monoisotopic (exact) mass is 286 g/mol. The summed E-state index contributed by atoms with van der Waals surface area (Å²) >= 11 is 3.35. The lowest BCUT2D eigenvalue weighted by molar-refractivity contribution is 0.0124. The number of halogens is 1. The molecule has 0 bridgehead atoms. The largest absolute Gasteiger partial charge is 0.379 e. The van der Waals surface area contributed by atoms with Crippen LogP contribution >= 0.6 is 15.9 Å². The fourth-order valence-electron chi connectivity index (χ4n) is 1.36. The zero-order valence-corrected chi connectivity index (χ0v) is 11.6. The molecule has 0 fully saturated rings. The zero-order chi connectivity index (χ0) is 12.2. The van der Waals surface area contributed by atoms with Gasteiger partial charge >= 0.3 is 0 Å². The van der Waals surface area contributed by atoms with Crippen LogP contribution in [0, 0.1) is 0 Å². The van der Waals surface area contributed by atoms with Crippen LogP contribution in [0.5, 0.6) is 0 Å². The quantitative estimate of drug-likeness (QED) is 0.905. The van der Waals surface area contributed by atoms with Crippen molar-refractivity contribution in [2.24, 2.45) is 5.73 Å². The molecule has 0 amide bonds. The number of hydrogen-bond donors (Lipinski definition) is 1. The normalized spacial score (nSPS) is 13.8. The van der Waals surface area contributed by atoms with Crippen LogP contribution < -0.4 is 5.73 Å². The van der Waals surface area contributed by atoms with Gasteiger partial charge in [-0.3, -0.25) is 4.98 Å². The maximum Gasteiger partial charge on any atom is 0.0623 e. The Kier molecular flexibility index (Phi) is 4.89. The van der Waals surface area contributed by atoms with Crippen molar-refractivity contribution < 1.29 is 4.74 Å². The molecule has 3 nitrogen and oxygen atoms in total. The number of rotatable bonds is 5. The minimum Gasteiger partial charge on any atom is -0.379 e. The lowest BCUT2D eigenvalue weighted by atomic mass is 9.97. The molecular weight excluding hydrogens is 268 g/mol. The maximum absolute atomic E-state index is 6.07. The zero-order valence-electron chi connectivity index (χ0n) is 10.0. The Hall–Kier alpha value is -0.450. The number of nitrogens with two attached hydrogens (primary N) is 1. The third-order valence-corrected chi connectivity index (χ3v) is 3.21. The maximum atomic E-state index is 6.07. The van der Waals surface area contributed by atoms with Gasteiger partial charge in [0.25, 0.3) is 0 Å². The van der Waals surface area contributed by atoms with E-state index in [1.54, 1.807) is 13.3 Å². The summed E-state index contributed by atoms with van der Waals surface area (Å²) in [6.07, 6.45) is 3.56. The van der Waals surface area contributed by atoms with Crippen LogP contribution in [-0.4, -0.2) is 17.7 Å². The van der Waals surface area contributed by atoms with Crippen LogP contribution in [0.4, 0.5) is 0 Å². The number of pyridine rings is 1. The van der Waals surface area contributed by atoms with Crippen LogP contribution in [0.2, 0.25) is 0 Å². The second kappa shape index (κ2) is 5.75. The summed E-state index contributed by atoms with van der Waals surface area (Å²) in [5.41, 5.74) is 6.88. The van der Waals surface area contributed by atoms with Gasteiger partial charge in [0.1, 0.15) is 0 Å². The summed E-state index contributed by atoms with van der Waals surface area (Å²) in [6, 6.07) is 3.89. The predicted molar refractivity (Wildman–Crippen MR) is 69.2 cm³/mol. The van der Waals surface area contributed by atoms with Crippen LogP contribution in [0.15, 0.2) is 22.8 Å². The molecule has 1 rings (SSSR count). The molecule has 0 aliphatic carbocycles. The van der Waals surface area contributed by atoms with Crippen molar-refractivity contribution in [3.05, 3.63) is 28.5 Å². The number of ether oxygens (including phenoxy) is 1. The fourth-order valence-corrected chi connectivity index (χ4v) is 1.59. The molecule has 1 aromatic heterocycles. The third-order valence-electron chi connectivity index (χ3n) is 2.74. The van der Waals surface area contributed by atoms with E-state index < -0.39 is 0 Å². The topological polar surface area (TPSA) is 48.1 Å². The van der Waals surface area contributed by atoms with E-state index in [1.165, 1.54) is 0 Å². The Labute approximate surface area is 106 Å². The van der Waals surface area contributed by atoms with E-state index in [2.05, 4.69) is 34.8 Å². The number of hydrogen-bond acceptors (Lipinski definition) is 3. The van der Waals surface area contributed by atoms with Crippen molar-refractivity contribution in [1.82, 2.24) is 4.98 Å². The molecule has 0 aliphatic heterocycles. The summed E-state index contributed by atoms with van der Waals surface area (Å²) in [4.78, 5) is 4.29. The molecule has 0 radical (unpaired) electrons. The van der Waals surface area contributed by atoms with Gasteiger partial charge in [0.15, 0.2) is 0 Å². The molecule has 1 atom stereocenters. The highest BCUT2D eigenvalue weighted by molar-refractivity contribution is 9.10. The fraction of sp³-hybridized carbons (Fsp3) is 0.583. The number of nitrogens with zero attached hydrogens (tertiary/aromatic N) is 1. The summed E-state index contributed by atoms with van der Waals surface area (Å²) in [5, 5.41) is 0.